The highest BCUT2D eigenvalue weighted by atomic mass is 28.4. The lowest BCUT2D eigenvalue weighted by molar-refractivity contribution is -0.140. The summed E-state index contributed by atoms with van der Waals surface area (Å²) in [7, 11) is -2.58. The molecule has 0 aromatic rings. The fourth-order valence-electron chi connectivity index (χ4n) is 4.61. The predicted octanol–water partition coefficient (Wildman–Crippen LogP) is 9.40. The molecule has 0 N–H and O–H groups in total. The number of Topliss-reactive ketones (excluding diaryl/α,β-unsaturated/α-hetero) is 1. The third kappa shape index (κ3) is 11.7. The van der Waals surface area contributed by atoms with Gasteiger partial charge in [0.25, 0.3) is 0 Å². The average molecular weight is 595 g/mol. The van der Waals surface area contributed by atoms with Crippen molar-refractivity contribution in [2.24, 2.45) is 11.8 Å². The van der Waals surface area contributed by atoms with E-state index in [1.807, 2.05) is 0 Å². The first-order chi connectivity index (χ1) is 18.4. The van der Waals surface area contributed by atoms with Gasteiger partial charge in [0.1, 0.15) is 5.78 Å². The highest BCUT2D eigenvalue weighted by Crippen LogP contribution is 2.43. The number of carbonyl (C=O) groups is 2. The van der Waals surface area contributed by atoms with E-state index in [0.717, 1.165) is 25.7 Å². The number of rotatable bonds is 16. The zero-order valence-electron chi connectivity index (χ0n) is 28.0. The minimum absolute atomic E-state index is 0.0398. The van der Waals surface area contributed by atoms with Crippen LogP contribution in [-0.4, -0.2) is 47.7 Å². The van der Waals surface area contributed by atoms with Crippen LogP contribution in [0.3, 0.4) is 0 Å². The molecule has 0 spiro atoms. The third-order valence-electron chi connectivity index (χ3n) is 9.39. The maximum atomic E-state index is 13.4. The number of methoxy groups -OCH3 is 1. The zero-order valence-corrected chi connectivity index (χ0v) is 30.0. The van der Waals surface area contributed by atoms with E-state index in [1.54, 1.807) is 0 Å². The van der Waals surface area contributed by atoms with Crippen molar-refractivity contribution in [2.45, 2.75) is 155 Å². The molecule has 2 unspecified atom stereocenters. The van der Waals surface area contributed by atoms with Gasteiger partial charge in [-0.3, -0.25) is 9.59 Å². The summed E-state index contributed by atoms with van der Waals surface area (Å²) in [5.41, 5.74) is 0. The lowest BCUT2D eigenvalue weighted by Gasteiger charge is -2.40. The molecule has 1 saturated carbocycles. The first-order valence-corrected chi connectivity index (χ1v) is 21.5. The van der Waals surface area contributed by atoms with Crippen LogP contribution in [0.1, 0.15) is 106 Å². The number of esters is 1. The largest absolute Gasteiger partial charge is 0.469 e. The van der Waals surface area contributed by atoms with Crippen molar-refractivity contribution in [1.82, 2.24) is 0 Å². The van der Waals surface area contributed by atoms with E-state index in [0.29, 0.717) is 25.0 Å². The molecule has 0 radical (unpaired) electrons. The van der Waals surface area contributed by atoms with Gasteiger partial charge in [0.2, 0.25) is 0 Å². The SMILES string of the molecule is CCCCCC(/C=C/[C@H]1C(O[Si](C)(C)C(C)(C)C)CC(=O)[C@@H]1C/C=C\CCCC(=O)OC)O[Si](C)(C)C(C)(C)C. The van der Waals surface area contributed by atoms with E-state index in [4.69, 9.17) is 13.6 Å². The molecule has 1 fully saturated rings. The molecular weight excluding hydrogens is 533 g/mol. The van der Waals surface area contributed by atoms with E-state index >= 15 is 0 Å². The van der Waals surface area contributed by atoms with Crippen molar-refractivity contribution < 1.29 is 23.2 Å². The van der Waals surface area contributed by atoms with Gasteiger partial charge in [-0.1, -0.05) is 92.0 Å². The van der Waals surface area contributed by atoms with Crippen LogP contribution < -0.4 is 0 Å². The predicted molar refractivity (Wildman–Crippen MR) is 174 cm³/mol. The van der Waals surface area contributed by atoms with Crippen LogP contribution >= 0.6 is 0 Å². The Hall–Kier alpha value is -1.03. The molecule has 0 heterocycles. The number of hydrogen-bond acceptors (Lipinski definition) is 5. The van der Waals surface area contributed by atoms with Gasteiger partial charge in [-0.05, 0) is 61.9 Å². The van der Waals surface area contributed by atoms with Crippen LogP contribution in [0.25, 0.3) is 0 Å². The summed E-state index contributed by atoms with van der Waals surface area (Å²) < 4.78 is 18.5. The average Bonchev–Trinajstić information content (AvgIpc) is 3.10. The lowest BCUT2D eigenvalue weighted by atomic mass is 9.90. The van der Waals surface area contributed by atoms with Crippen LogP contribution in [0.4, 0.5) is 0 Å². The molecule has 1 aliphatic rings. The van der Waals surface area contributed by atoms with E-state index in [-0.39, 0.29) is 40.1 Å². The summed E-state index contributed by atoms with van der Waals surface area (Å²) in [6.07, 6.45) is 16.5. The van der Waals surface area contributed by atoms with Gasteiger partial charge < -0.3 is 13.6 Å². The molecule has 1 aliphatic carbocycles. The Morgan fingerprint density at radius 3 is 2.15 bits per heavy atom. The summed E-state index contributed by atoms with van der Waals surface area (Å²) in [4.78, 5) is 24.8. The maximum absolute atomic E-state index is 13.4. The highest BCUT2D eigenvalue weighted by Gasteiger charge is 2.47. The molecule has 4 atom stereocenters. The zero-order chi connectivity index (χ0) is 30.8. The van der Waals surface area contributed by atoms with Crippen molar-refractivity contribution in [3.8, 4) is 0 Å². The minimum Gasteiger partial charge on any atom is -0.469 e. The number of hydrogen-bond donors (Lipinski definition) is 0. The molecule has 5 nitrogen and oxygen atoms in total. The van der Waals surface area contributed by atoms with Crippen molar-refractivity contribution in [3.05, 3.63) is 24.3 Å². The first-order valence-electron chi connectivity index (χ1n) is 15.6. The maximum Gasteiger partial charge on any atom is 0.305 e. The second-order valence-electron chi connectivity index (χ2n) is 14.7. The normalized spacial score (nSPS) is 22.0. The molecule has 7 heteroatoms. The number of carbonyl (C=O) groups excluding carboxylic acids is 2. The second-order valence-corrected chi connectivity index (χ2v) is 24.3. The van der Waals surface area contributed by atoms with Crippen molar-refractivity contribution in [3.63, 3.8) is 0 Å². The number of allylic oxidation sites excluding steroid dienone is 2. The number of unbranched alkanes of at least 4 members (excludes halogenated alkanes) is 3. The van der Waals surface area contributed by atoms with Gasteiger partial charge in [-0.2, -0.15) is 0 Å². The first kappa shape index (κ1) is 37.0. The quantitative estimate of drug-likeness (QED) is 0.0771. The van der Waals surface area contributed by atoms with Gasteiger partial charge in [0.15, 0.2) is 16.6 Å². The van der Waals surface area contributed by atoms with Gasteiger partial charge in [0, 0.05) is 24.7 Å². The third-order valence-corrected chi connectivity index (χ3v) is 18.4. The van der Waals surface area contributed by atoms with Crippen LogP contribution in [0.15, 0.2) is 24.3 Å². The summed E-state index contributed by atoms with van der Waals surface area (Å²) in [6, 6.07) is 0. The second kappa shape index (κ2) is 16.0. The topological polar surface area (TPSA) is 61.8 Å². The summed E-state index contributed by atoms with van der Waals surface area (Å²) in [5, 5.41) is 0.221. The Bertz CT molecular complexity index is 848. The molecule has 0 amide bonds. The van der Waals surface area contributed by atoms with Crippen LogP contribution in [0.2, 0.25) is 36.3 Å². The summed E-state index contributed by atoms with van der Waals surface area (Å²) in [6.45, 7) is 25.1. The van der Waals surface area contributed by atoms with Crippen molar-refractivity contribution in [2.75, 3.05) is 7.11 Å². The Morgan fingerprint density at radius 1 is 0.975 bits per heavy atom. The smallest absolute Gasteiger partial charge is 0.305 e. The Labute approximate surface area is 249 Å². The van der Waals surface area contributed by atoms with E-state index in [9.17, 15) is 9.59 Å². The molecule has 40 heavy (non-hydrogen) atoms. The molecule has 1 rings (SSSR count). The highest BCUT2D eigenvalue weighted by molar-refractivity contribution is 6.74. The number of ether oxygens (including phenoxy) is 1. The van der Waals surface area contributed by atoms with E-state index in [2.05, 4.69) is 99.0 Å². The Kier molecular flexibility index (Phi) is 14.8. The summed E-state index contributed by atoms with van der Waals surface area (Å²) >= 11 is 0. The molecule has 0 saturated heterocycles. The van der Waals surface area contributed by atoms with Gasteiger partial charge in [-0.15, -0.1) is 0 Å². The van der Waals surface area contributed by atoms with Crippen molar-refractivity contribution in [1.29, 1.82) is 0 Å². The number of ketones is 1. The standard InChI is InChI=1S/C33H62O5Si2/c1-13-14-17-20-26(37-39(9,10)32(2,3)4)23-24-28-27(21-18-15-16-19-22-31(35)36-8)29(34)25-30(28)38-40(11,12)33(5,6)7/h15,18,23-24,26-28,30H,13-14,16-17,19-22,25H2,1-12H3/b18-15-,24-23+/t26?,27-,28-,30?/m1/s1. The lowest BCUT2D eigenvalue weighted by Crippen LogP contribution is -2.45. The Morgan fingerprint density at radius 2 is 1.60 bits per heavy atom. The Balaban J connectivity index is 3.21. The fraction of sp³-hybridized carbons (Fsp3) is 0.818. The van der Waals surface area contributed by atoms with Gasteiger partial charge in [0.05, 0.1) is 19.3 Å². The van der Waals surface area contributed by atoms with Crippen LogP contribution in [0, 0.1) is 11.8 Å². The molecule has 0 aromatic heterocycles. The summed E-state index contributed by atoms with van der Waals surface area (Å²) in [5.74, 6) is 0.0686. The molecule has 232 valence electrons. The van der Waals surface area contributed by atoms with Crippen LogP contribution in [-0.2, 0) is 23.2 Å². The molecule has 0 bridgehead atoms. The van der Waals surface area contributed by atoms with E-state index < -0.39 is 16.6 Å². The van der Waals surface area contributed by atoms with Crippen molar-refractivity contribution >= 4 is 28.4 Å². The molecule has 0 aliphatic heterocycles. The molecule has 0 aromatic carbocycles. The van der Waals surface area contributed by atoms with Gasteiger partial charge >= 0.3 is 5.97 Å². The van der Waals surface area contributed by atoms with Gasteiger partial charge in [-0.25, -0.2) is 0 Å². The van der Waals surface area contributed by atoms with Crippen LogP contribution in [0.5, 0.6) is 0 Å². The molecular formula is C33H62O5Si2. The monoisotopic (exact) mass is 594 g/mol. The fourth-order valence-corrected chi connectivity index (χ4v) is 7.26. The minimum atomic E-state index is -2.05. The van der Waals surface area contributed by atoms with E-state index in [1.165, 1.54) is 20.0 Å².